The molecule has 6 heteroatoms. The van der Waals surface area contributed by atoms with E-state index in [-0.39, 0.29) is 5.91 Å². The van der Waals surface area contributed by atoms with Crippen molar-refractivity contribution >= 4 is 23.3 Å². The molecule has 0 aliphatic carbocycles. The van der Waals surface area contributed by atoms with Crippen LogP contribution in [0, 0.1) is 19.3 Å². The number of nitrogens with zero attached hydrogens (tertiary/aromatic N) is 2. The lowest BCUT2D eigenvalue weighted by molar-refractivity contribution is -0.125. The number of rotatable bonds is 4. The Labute approximate surface area is 106 Å². The summed E-state index contributed by atoms with van der Waals surface area (Å²) in [6.07, 6.45) is 0. The molecule has 1 aromatic heterocycles. The highest BCUT2D eigenvalue weighted by Gasteiger charge is 2.25. The number of carbonyl (C=O) groups is 1. The fourth-order valence-corrected chi connectivity index (χ4v) is 1.32. The standard InChI is InChI=1S/C11H17ClN4O/c1-6-7(2)16-9(8(12)15-6)14-5-11(3,4)10(13)17/h5H2,1-4H3,(H2,13,17)(H,14,16). The SMILES string of the molecule is Cc1nc(Cl)c(NCC(C)(C)C(N)=O)nc1C. The van der Waals surface area contributed by atoms with E-state index >= 15 is 0 Å². The molecule has 1 rings (SSSR count). The molecule has 3 N–H and O–H groups in total. The molecule has 0 aliphatic heterocycles. The quantitative estimate of drug-likeness (QED) is 0.859. The lowest BCUT2D eigenvalue weighted by atomic mass is 9.93. The largest absolute Gasteiger partial charge is 0.369 e. The van der Waals surface area contributed by atoms with Crippen LogP contribution in [0.5, 0.6) is 0 Å². The maximum absolute atomic E-state index is 11.2. The second kappa shape index (κ2) is 4.87. The third-order valence-corrected chi connectivity index (χ3v) is 2.89. The number of amides is 1. The van der Waals surface area contributed by atoms with Gasteiger partial charge in [0.05, 0.1) is 16.8 Å². The summed E-state index contributed by atoms with van der Waals surface area (Å²) in [6.45, 7) is 7.56. The Morgan fingerprint density at radius 2 is 1.88 bits per heavy atom. The van der Waals surface area contributed by atoms with Crippen molar-refractivity contribution in [2.75, 3.05) is 11.9 Å². The summed E-state index contributed by atoms with van der Waals surface area (Å²) < 4.78 is 0. The zero-order chi connectivity index (χ0) is 13.2. The molecule has 0 fully saturated rings. The molecule has 0 aromatic carbocycles. The van der Waals surface area contributed by atoms with Crippen molar-refractivity contribution in [2.45, 2.75) is 27.7 Å². The second-order valence-electron chi connectivity index (χ2n) is 4.64. The summed E-state index contributed by atoms with van der Waals surface area (Å²) in [5.41, 5.74) is 6.20. The van der Waals surface area contributed by atoms with Crippen LogP contribution in [-0.4, -0.2) is 22.4 Å². The number of anilines is 1. The first-order chi connectivity index (χ1) is 7.74. The van der Waals surface area contributed by atoms with Gasteiger partial charge in [0.1, 0.15) is 0 Å². The molecule has 1 heterocycles. The van der Waals surface area contributed by atoms with Crippen molar-refractivity contribution in [1.82, 2.24) is 9.97 Å². The van der Waals surface area contributed by atoms with Gasteiger partial charge < -0.3 is 11.1 Å². The first-order valence-electron chi connectivity index (χ1n) is 5.28. The van der Waals surface area contributed by atoms with Crippen LogP contribution in [-0.2, 0) is 4.79 Å². The molecule has 94 valence electrons. The summed E-state index contributed by atoms with van der Waals surface area (Å²) in [4.78, 5) is 19.6. The average Bonchev–Trinajstić information content (AvgIpc) is 2.21. The Hall–Kier alpha value is -1.36. The monoisotopic (exact) mass is 256 g/mol. The molecule has 1 aromatic rings. The van der Waals surface area contributed by atoms with E-state index < -0.39 is 5.41 Å². The van der Waals surface area contributed by atoms with E-state index in [1.54, 1.807) is 13.8 Å². The molecule has 1 amide bonds. The van der Waals surface area contributed by atoms with Gasteiger partial charge in [-0.25, -0.2) is 9.97 Å². The minimum absolute atomic E-state index is 0.299. The number of hydrogen-bond acceptors (Lipinski definition) is 4. The molecule has 0 saturated heterocycles. The van der Waals surface area contributed by atoms with Crippen molar-refractivity contribution in [3.63, 3.8) is 0 Å². The number of nitrogens with two attached hydrogens (primary N) is 1. The average molecular weight is 257 g/mol. The lowest BCUT2D eigenvalue weighted by Gasteiger charge is -2.21. The zero-order valence-corrected chi connectivity index (χ0v) is 11.2. The van der Waals surface area contributed by atoms with Gasteiger partial charge in [-0.2, -0.15) is 0 Å². The van der Waals surface area contributed by atoms with Crippen LogP contribution in [0.1, 0.15) is 25.2 Å². The third-order valence-electron chi connectivity index (χ3n) is 2.63. The summed E-state index contributed by atoms with van der Waals surface area (Å²) in [5.74, 6) is 0.0991. The normalized spacial score (nSPS) is 11.4. The number of hydrogen-bond donors (Lipinski definition) is 2. The molecular weight excluding hydrogens is 240 g/mol. The summed E-state index contributed by atoms with van der Waals surface area (Å²) in [7, 11) is 0. The Kier molecular flexibility index (Phi) is 3.93. The van der Waals surface area contributed by atoms with E-state index in [0.717, 1.165) is 11.4 Å². The molecular formula is C11H17ClN4O. The van der Waals surface area contributed by atoms with Gasteiger partial charge in [-0.3, -0.25) is 4.79 Å². The predicted octanol–water partition coefficient (Wildman–Crippen LogP) is 1.67. The van der Waals surface area contributed by atoms with Crippen LogP contribution in [0.25, 0.3) is 0 Å². The number of primary amides is 1. The topological polar surface area (TPSA) is 80.9 Å². The Morgan fingerprint density at radius 1 is 1.35 bits per heavy atom. The zero-order valence-electron chi connectivity index (χ0n) is 10.5. The fraction of sp³-hybridized carbons (Fsp3) is 0.545. The van der Waals surface area contributed by atoms with Crippen LogP contribution >= 0.6 is 11.6 Å². The van der Waals surface area contributed by atoms with Gasteiger partial charge in [0.15, 0.2) is 11.0 Å². The second-order valence-corrected chi connectivity index (χ2v) is 4.99. The van der Waals surface area contributed by atoms with Crippen molar-refractivity contribution in [2.24, 2.45) is 11.1 Å². The maximum atomic E-state index is 11.2. The minimum Gasteiger partial charge on any atom is -0.369 e. The minimum atomic E-state index is -0.663. The number of aryl methyl sites for hydroxylation is 2. The van der Waals surface area contributed by atoms with E-state index in [9.17, 15) is 4.79 Å². The molecule has 0 bridgehead atoms. The fourth-order valence-electron chi connectivity index (χ4n) is 1.08. The third kappa shape index (κ3) is 3.30. The number of nitrogens with one attached hydrogen (secondary N) is 1. The smallest absolute Gasteiger partial charge is 0.224 e. The van der Waals surface area contributed by atoms with Gasteiger partial charge in [0.2, 0.25) is 5.91 Å². The lowest BCUT2D eigenvalue weighted by Crippen LogP contribution is -2.37. The first kappa shape index (κ1) is 13.7. The first-order valence-corrected chi connectivity index (χ1v) is 5.66. The molecule has 0 saturated carbocycles. The number of halogens is 1. The maximum Gasteiger partial charge on any atom is 0.224 e. The Bertz CT molecular complexity index is 445. The van der Waals surface area contributed by atoms with E-state index in [2.05, 4.69) is 15.3 Å². The van der Waals surface area contributed by atoms with Gasteiger partial charge in [0.25, 0.3) is 0 Å². The van der Waals surface area contributed by atoms with Crippen LogP contribution in [0.2, 0.25) is 5.15 Å². The molecule has 0 unspecified atom stereocenters. The Morgan fingerprint density at radius 3 is 2.41 bits per heavy atom. The van der Waals surface area contributed by atoms with E-state index in [0.29, 0.717) is 17.5 Å². The van der Waals surface area contributed by atoms with Crippen molar-refractivity contribution in [3.8, 4) is 0 Å². The van der Waals surface area contributed by atoms with Gasteiger partial charge in [-0.1, -0.05) is 11.6 Å². The predicted molar refractivity (Wildman–Crippen MR) is 68.0 cm³/mol. The van der Waals surface area contributed by atoms with Crippen molar-refractivity contribution in [1.29, 1.82) is 0 Å². The molecule has 0 radical (unpaired) electrons. The van der Waals surface area contributed by atoms with E-state index in [1.165, 1.54) is 0 Å². The van der Waals surface area contributed by atoms with E-state index in [1.807, 2.05) is 13.8 Å². The molecule has 0 spiro atoms. The van der Waals surface area contributed by atoms with Crippen LogP contribution in [0.4, 0.5) is 5.82 Å². The molecule has 0 aliphatic rings. The van der Waals surface area contributed by atoms with Crippen LogP contribution < -0.4 is 11.1 Å². The number of carbonyl (C=O) groups excluding carboxylic acids is 1. The van der Waals surface area contributed by atoms with Crippen LogP contribution in [0.15, 0.2) is 0 Å². The van der Waals surface area contributed by atoms with Gasteiger partial charge in [-0.15, -0.1) is 0 Å². The highest BCUT2D eigenvalue weighted by atomic mass is 35.5. The summed E-state index contributed by atoms with van der Waals surface area (Å²) >= 11 is 5.96. The number of aromatic nitrogens is 2. The van der Waals surface area contributed by atoms with Gasteiger partial charge >= 0.3 is 0 Å². The van der Waals surface area contributed by atoms with Gasteiger partial charge in [-0.05, 0) is 27.7 Å². The Balaban J connectivity index is 2.83. The summed E-state index contributed by atoms with van der Waals surface area (Å²) in [5, 5.41) is 3.30. The van der Waals surface area contributed by atoms with Crippen LogP contribution in [0.3, 0.4) is 0 Å². The highest BCUT2D eigenvalue weighted by molar-refractivity contribution is 6.31. The van der Waals surface area contributed by atoms with Crippen molar-refractivity contribution in [3.05, 3.63) is 16.5 Å². The summed E-state index contributed by atoms with van der Waals surface area (Å²) in [6, 6.07) is 0. The van der Waals surface area contributed by atoms with Crippen molar-refractivity contribution < 1.29 is 4.79 Å². The molecule has 5 nitrogen and oxygen atoms in total. The molecule has 17 heavy (non-hydrogen) atoms. The molecule has 0 atom stereocenters. The highest BCUT2D eigenvalue weighted by Crippen LogP contribution is 2.21. The van der Waals surface area contributed by atoms with E-state index in [4.69, 9.17) is 17.3 Å². The van der Waals surface area contributed by atoms with Gasteiger partial charge in [0, 0.05) is 6.54 Å².